The molecule has 0 spiro atoms. The summed E-state index contributed by atoms with van der Waals surface area (Å²) in [6, 6.07) is 3.71. The van der Waals surface area contributed by atoms with Gasteiger partial charge in [-0.05, 0) is 31.5 Å². The summed E-state index contributed by atoms with van der Waals surface area (Å²) in [4.78, 5) is 25.3. The number of alkyl halides is 3. The minimum absolute atomic E-state index is 0.00782. The number of aryl methyl sites for hydroxylation is 1. The highest BCUT2D eigenvalue weighted by Crippen LogP contribution is 2.43. The maximum absolute atomic E-state index is 13.3. The molecule has 3 rings (SSSR count). The Hall–Kier alpha value is -2.78. The maximum atomic E-state index is 13.3. The van der Waals surface area contributed by atoms with E-state index in [1.165, 1.54) is 19.1 Å². The van der Waals surface area contributed by atoms with Gasteiger partial charge in [0.15, 0.2) is 6.04 Å². The van der Waals surface area contributed by atoms with Crippen molar-refractivity contribution < 1.29 is 22.4 Å². The van der Waals surface area contributed by atoms with Crippen LogP contribution in [0.5, 0.6) is 0 Å². The Morgan fingerprint density at radius 1 is 1.22 bits per heavy atom. The van der Waals surface area contributed by atoms with Crippen molar-refractivity contribution in [1.29, 1.82) is 0 Å². The second-order valence-electron chi connectivity index (χ2n) is 6.26. The summed E-state index contributed by atoms with van der Waals surface area (Å²) in [6.07, 6.45) is -4.54. The van der Waals surface area contributed by atoms with Crippen molar-refractivity contribution in [2.24, 2.45) is 5.18 Å². The van der Waals surface area contributed by atoms with Crippen LogP contribution in [0.4, 0.5) is 23.4 Å². The third kappa shape index (κ3) is 3.31. The molecule has 1 aliphatic rings. The molecule has 27 heavy (non-hydrogen) atoms. The lowest BCUT2D eigenvalue weighted by Gasteiger charge is -2.35. The number of hydrogen-bond acceptors (Lipinski definition) is 4. The Bertz CT molecular complexity index is 876. The van der Waals surface area contributed by atoms with Gasteiger partial charge in [0.2, 0.25) is 0 Å². The van der Waals surface area contributed by atoms with E-state index in [-0.39, 0.29) is 18.1 Å². The number of aromatic nitrogens is 2. The molecule has 1 amide bonds. The molecule has 2 heterocycles. The molecule has 0 saturated heterocycles. The fourth-order valence-electron chi connectivity index (χ4n) is 3.51. The van der Waals surface area contributed by atoms with Gasteiger partial charge in [-0.3, -0.25) is 9.69 Å². The van der Waals surface area contributed by atoms with Gasteiger partial charge in [-0.2, -0.15) is 18.3 Å². The van der Waals surface area contributed by atoms with Crippen LogP contribution in [-0.4, -0.2) is 34.5 Å². The monoisotopic (exact) mass is 384 g/mol. The van der Waals surface area contributed by atoms with E-state index in [2.05, 4.69) is 10.3 Å². The fraction of sp³-hybridized carbons (Fsp3) is 0.412. The lowest BCUT2D eigenvalue weighted by atomic mass is 9.81. The van der Waals surface area contributed by atoms with Gasteiger partial charge in [0.25, 0.3) is 5.91 Å². The number of carbonyl (C=O) groups is 1. The molecule has 0 saturated carbocycles. The summed E-state index contributed by atoms with van der Waals surface area (Å²) in [5.41, 5.74) is 0.973. The van der Waals surface area contributed by atoms with E-state index in [1.807, 2.05) is 0 Å². The molecule has 1 aliphatic heterocycles. The van der Waals surface area contributed by atoms with Gasteiger partial charge in [-0.1, -0.05) is 17.3 Å². The highest BCUT2D eigenvalue weighted by Gasteiger charge is 2.46. The lowest BCUT2D eigenvalue weighted by Crippen LogP contribution is -2.47. The average molecular weight is 384 g/mol. The zero-order chi connectivity index (χ0) is 19.9. The van der Waals surface area contributed by atoms with Crippen LogP contribution in [0, 0.1) is 17.6 Å². The molecule has 6 nitrogen and oxygen atoms in total. The van der Waals surface area contributed by atoms with Crippen molar-refractivity contribution in [1.82, 2.24) is 9.78 Å². The third-order valence-electron chi connectivity index (χ3n) is 4.54. The molecule has 0 fully saturated rings. The smallest absolute Gasteiger partial charge is 0.295 e. The van der Waals surface area contributed by atoms with Crippen molar-refractivity contribution in [2.75, 3.05) is 11.4 Å². The van der Waals surface area contributed by atoms with Crippen molar-refractivity contribution in [2.45, 2.75) is 38.5 Å². The lowest BCUT2D eigenvalue weighted by molar-refractivity contribution is -0.142. The van der Waals surface area contributed by atoms with Gasteiger partial charge in [0, 0.05) is 18.0 Å². The molecular weight excluding hydrogens is 368 g/mol. The van der Waals surface area contributed by atoms with E-state index in [1.54, 1.807) is 6.92 Å². The third-order valence-corrected chi connectivity index (χ3v) is 4.54. The van der Waals surface area contributed by atoms with E-state index in [4.69, 9.17) is 0 Å². The van der Waals surface area contributed by atoms with Crippen LogP contribution >= 0.6 is 0 Å². The summed E-state index contributed by atoms with van der Waals surface area (Å²) < 4.78 is 53.0. The van der Waals surface area contributed by atoms with Crippen LogP contribution in [0.1, 0.15) is 29.7 Å². The van der Waals surface area contributed by atoms with Gasteiger partial charge in [0.1, 0.15) is 18.2 Å². The second kappa shape index (κ2) is 6.75. The first kappa shape index (κ1) is 19.0. The number of amides is 1. The minimum Gasteiger partial charge on any atom is -0.295 e. The van der Waals surface area contributed by atoms with Crippen molar-refractivity contribution in [3.63, 3.8) is 0 Å². The number of benzene rings is 1. The molecule has 0 aliphatic carbocycles. The molecule has 0 unspecified atom stereocenters. The SMILES string of the molecule is CCN1C(=O)[C@@H](N=O)[C@@H](c2ccc(F)cc2)c2c(C)nn(CC(F)(F)F)c21. The van der Waals surface area contributed by atoms with Crippen LogP contribution in [0.15, 0.2) is 29.4 Å². The molecule has 1 aromatic heterocycles. The number of nitroso groups, excluding NO2 is 1. The number of hydrogen-bond donors (Lipinski definition) is 0. The molecule has 1 aromatic carbocycles. The molecule has 2 atom stereocenters. The number of fused-ring (bicyclic) bond motifs is 1. The van der Waals surface area contributed by atoms with Gasteiger partial charge in [-0.25, -0.2) is 9.07 Å². The zero-order valence-corrected chi connectivity index (χ0v) is 14.5. The minimum atomic E-state index is -4.54. The quantitative estimate of drug-likeness (QED) is 0.598. The van der Waals surface area contributed by atoms with E-state index < -0.39 is 36.4 Å². The van der Waals surface area contributed by atoms with Crippen LogP contribution in [0.2, 0.25) is 0 Å². The Morgan fingerprint density at radius 2 is 1.85 bits per heavy atom. The molecule has 2 aromatic rings. The van der Waals surface area contributed by atoms with Crippen molar-refractivity contribution >= 4 is 11.7 Å². The molecular formula is C17H16F4N4O2. The first-order chi connectivity index (χ1) is 12.7. The molecule has 0 N–H and O–H groups in total. The molecule has 0 bridgehead atoms. The topological polar surface area (TPSA) is 67.6 Å². The zero-order valence-electron chi connectivity index (χ0n) is 14.5. The number of likely N-dealkylation sites (N-methyl/N-ethyl adjacent to an activating group) is 1. The second-order valence-corrected chi connectivity index (χ2v) is 6.26. The standard InChI is InChI=1S/C17H16F4N4O2/c1-3-24-15-12(9(2)22-25(15)8-17(19,20)21)13(14(23-27)16(24)26)10-4-6-11(18)7-5-10/h4-7,13-14H,3,8H2,1-2H3/t13-,14-/m0/s1. The molecule has 0 radical (unpaired) electrons. The number of nitrogens with zero attached hydrogens (tertiary/aromatic N) is 4. The van der Waals surface area contributed by atoms with Crippen LogP contribution in [-0.2, 0) is 11.3 Å². The summed E-state index contributed by atoms with van der Waals surface area (Å²) in [5, 5.41) is 6.89. The van der Waals surface area contributed by atoms with Crippen molar-refractivity contribution in [3.05, 3.63) is 51.8 Å². The predicted octanol–water partition coefficient (Wildman–Crippen LogP) is 3.53. The number of rotatable bonds is 4. The number of anilines is 1. The van der Waals surface area contributed by atoms with Gasteiger partial charge in [-0.15, -0.1) is 4.91 Å². The van der Waals surface area contributed by atoms with E-state index in [0.29, 0.717) is 11.1 Å². The summed E-state index contributed by atoms with van der Waals surface area (Å²) in [7, 11) is 0. The fourth-order valence-corrected chi connectivity index (χ4v) is 3.51. The predicted molar refractivity (Wildman–Crippen MR) is 88.9 cm³/mol. The summed E-state index contributed by atoms with van der Waals surface area (Å²) in [5.74, 6) is -2.17. The number of carbonyl (C=O) groups excluding carboxylic acids is 1. The molecule has 144 valence electrons. The highest BCUT2D eigenvalue weighted by atomic mass is 19.4. The average Bonchev–Trinajstić information content (AvgIpc) is 2.89. The Labute approximate surface area is 151 Å². The highest BCUT2D eigenvalue weighted by molar-refractivity contribution is 6.01. The van der Waals surface area contributed by atoms with Gasteiger partial charge in [0.05, 0.1) is 5.69 Å². The maximum Gasteiger partial charge on any atom is 0.408 e. The largest absolute Gasteiger partial charge is 0.408 e. The molecule has 10 heteroatoms. The first-order valence-corrected chi connectivity index (χ1v) is 8.21. The Kier molecular flexibility index (Phi) is 4.75. The Balaban J connectivity index is 2.25. The Morgan fingerprint density at radius 3 is 2.37 bits per heavy atom. The van der Waals surface area contributed by atoms with Crippen molar-refractivity contribution in [3.8, 4) is 0 Å². The summed E-state index contributed by atoms with van der Waals surface area (Å²) in [6.45, 7) is 1.77. The summed E-state index contributed by atoms with van der Waals surface area (Å²) >= 11 is 0. The number of halogens is 4. The normalized spacial score (nSPS) is 19.9. The van der Waals surface area contributed by atoms with Gasteiger partial charge < -0.3 is 0 Å². The van der Waals surface area contributed by atoms with Crippen LogP contribution < -0.4 is 4.90 Å². The van der Waals surface area contributed by atoms with Gasteiger partial charge >= 0.3 is 6.18 Å². The van der Waals surface area contributed by atoms with E-state index >= 15 is 0 Å². The van der Waals surface area contributed by atoms with Crippen LogP contribution in [0.25, 0.3) is 0 Å². The van der Waals surface area contributed by atoms with E-state index in [0.717, 1.165) is 21.7 Å². The first-order valence-electron chi connectivity index (χ1n) is 8.21. The van der Waals surface area contributed by atoms with Crippen LogP contribution in [0.3, 0.4) is 0 Å². The van der Waals surface area contributed by atoms with E-state index in [9.17, 15) is 27.3 Å².